The van der Waals surface area contributed by atoms with Gasteiger partial charge in [0.25, 0.3) is 5.92 Å². The normalized spacial score (nSPS) is 14.5. The first-order chi connectivity index (χ1) is 10.9. The van der Waals surface area contributed by atoms with E-state index in [2.05, 4.69) is 0 Å². The Hall–Kier alpha value is -1.32. The fourth-order valence-corrected chi connectivity index (χ4v) is 2.45. The molecule has 0 aliphatic rings. The molecule has 0 radical (unpaired) electrons. The Morgan fingerprint density at radius 2 is 1.54 bits per heavy atom. The Morgan fingerprint density at radius 3 is 2.04 bits per heavy atom. The van der Waals surface area contributed by atoms with E-state index in [1.165, 1.54) is 24.3 Å². The lowest BCUT2D eigenvalue weighted by atomic mass is 10.0. The molecule has 1 aromatic carbocycles. The van der Waals surface area contributed by atoms with E-state index < -0.39 is 47.9 Å². The zero-order valence-electron chi connectivity index (χ0n) is 11.9. The van der Waals surface area contributed by atoms with Gasteiger partial charge in [0.2, 0.25) is 5.12 Å². The maximum absolute atomic E-state index is 13.4. The molecule has 1 rings (SSSR count). The zero-order chi connectivity index (χ0) is 18.6. The van der Waals surface area contributed by atoms with Crippen molar-refractivity contribution in [3.05, 3.63) is 35.9 Å². The van der Waals surface area contributed by atoms with Crippen LogP contribution in [0.5, 0.6) is 0 Å². The van der Waals surface area contributed by atoms with E-state index >= 15 is 0 Å². The molecule has 0 aliphatic carbocycles. The summed E-state index contributed by atoms with van der Waals surface area (Å²) in [5.41, 5.74) is 0.200. The molecule has 0 spiro atoms. The molecule has 24 heavy (non-hydrogen) atoms. The van der Waals surface area contributed by atoms with Crippen molar-refractivity contribution in [2.75, 3.05) is 5.75 Å². The molecule has 0 aliphatic heterocycles. The van der Waals surface area contributed by atoms with E-state index in [0.29, 0.717) is 11.8 Å². The second kappa shape index (κ2) is 7.71. The first-order valence-electron chi connectivity index (χ1n) is 6.55. The minimum Gasteiger partial charge on any atom is -0.282 e. The standard InChI is InChI=1S/C14H12F8OS/c15-10(8-13(18,19)14(20,21)22)12(16,17)6-7-24-11(23)9-4-2-1-3-5-9/h1-5,10H,6-8H2. The summed E-state index contributed by atoms with van der Waals surface area (Å²) in [6.07, 6.45) is -13.8. The van der Waals surface area contributed by atoms with Crippen molar-refractivity contribution in [3.8, 4) is 0 Å². The Balaban J connectivity index is 2.55. The van der Waals surface area contributed by atoms with Crippen molar-refractivity contribution in [3.63, 3.8) is 0 Å². The zero-order valence-corrected chi connectivity index (χ0v) is 12.7. The Bertz CT molecular complexity index is 543. The number of carbonyl (C=O) groups is 1. The van der Waals surface area contributed by atoms with Gasteiger partial charge in [-0.25, -0.2) is 13.2 Å². The summed E-state index contributed by atoms with van der Waals surface area (Å²) < 4.78 is 101. The number of thioether (sulfide) groups is 1. The van der Waals surface area contributed by atoms with E-state index in [1.54, 1.807) is 6.07 Å². The third-order valence-electron chi connectivity index (χ3n) is 2.99. The number of hydrogen-bond donors (Lipinski definition) is 0. The van der Waals surface area contributed by atoms with E-state index in [0.717, 1.165) is 0 Å². The van der Waals surface area contributed by atoms with Gasteiger partial charge in [0.1, 0.15) is 0 Å². The fraction of sp³-hybridized carbons (Fsp3) is 0.500. The molecule has 1 aromatic rings. The first kappa shape index (κ1) is 20.7. The van der Waals surface area contributed by atoms with Crippen molar-refractivity contribution in [1.82, 2.24) is 0 Å². The fourth-order valence-electron chi connectivity index (χ4n) is 1.58. The van der Waals surface area contributed by atoms with Crippen molar-refractivity contribution in [2.24, 2.45) is 0 Å². The van der Waals surface area contributed by atoms with Crippen LogP contribution in [0.4, 0.5) is 35.1 Å². The van der Waals surface area contributed by atoms with Crippen LogP contribution in [0, 0.1) is 0 Å². The molecule has 0 saturated carbocycles. The van der Waals surface area contributed by atoms with E-state index in [4.69, 9.17) is 0 Å². The maximum Gasteiger partial charge on any atom is 0.453 e. The number of benzene rings is 1. The summed E-state index contributed by atoms with van der Waals surface area (Å²) >= 11 is 0.402. The SMILES string of the molecule is O=C(SCCC(F)(F)C(F)CC(F)(F)C(F)(F)F)c1ccccc1. The summed E-state index contributed by atoms with van der Waals surface area (Å²) in [5, 5.41) is -0.595. The van der Waals surface area contributed by atoms with Gasteiger partial charge in [0.15, 0.2) is 6.17 Å². The number of hydrogen-bond acceptors (Lipinski definition) is 2. The number of carbonyl (C=O) groups excluding carboxylic acids is 1. The molecule has 0 aromatic heterocycles. The van der Waals surface area contributed by atoms with Crippen molar-refractivity contribution < 1.29 is 39.9 Å². The molecular weight excluding hydrogens is 368 g/mol. The van der Waals surface area contributed by atoms with Gasteiger partial charge in [0.05, 0.1) is 6.42 Å². The average Bonchev–Trinajstić information content (AvgIpc) is 2.46. The molecule has 1 unspecified atom stereocenters. The summed E-state index contributed by atoms with van der Waals surface area (Å²) in [4.78, 5) is 11.6. The molecule has 1 atom stereocenters. The van der Waals surface area contributed by atoms with Gasteiger partial charge in [-0.1, -0.05) is 42.1 Å². The van der Waals surface area contributed by atoms with Gasteiger partial charge in [-0.15, -0.1) is 0 Å². The van der Waals surface area contributed by atoms with Gasteiger partial charge in [-0.3, -0.25) is 4.79 Å². The molecule has 10 heteroatoms. The van der Waals surface area contributed by atoms with Crippen molar-refractivity contribution in [2.45, 2.75) is 37.0 Å². The van der Waals surface area contributed by atoms with Gasteiger partial charge in [-0.2, -0.15) is 22.0 Å². The van der Waals surface area contributed by atoms with E-state index in [9.17, 15) is 39.9 Å². The highest BCUT2D eigenvalue weighted by molar-refractivity contribution is 8.14. The Morgan fingerprint density at radius 1 is 1.00 bits per heavy atom. The van der Waals surface area contributed by atoms with Crippen LogP contribution in [0.25, 0.3) is 0 Å². The highest BCUT2D eigenvalue weighted by Gasteiger charge is 2.60. The van der Waals surface area contributed by atoms with Crippen LogP contribution in [0.15, 0.2) is 30.3 Å². The van der Waals surface area contributed by atoms with E-state index in [-0.39, 0.29) is 5.56 Å². The van der Waals surface area contributed by atoms with Crippen molar-refractivity contribution >= 4 is 16.9 Å². The lowest BCUT2D eigenvalue weighted by molar-refractivity contribution is -0.293. The monoisotopic (exact) mass is 380 g/mol. The molecule has 0 fully saturated rings. The molecule has 1 nitrogen and oxygen atoms in total. The highest BCUT2D eigenvalue weighted by atomic mass is 32.2. The molecule has 0 amide bonds. The van der Waals surface area contributed by atoms with Crippen LogP contribution in [0.2, 0.25) is 0 Å². The second-order valence-corrected chi connectivity index (χ2v) is 5.95. The lowest BCUT2D eigenvalue weighted by Gasteiger charge is -2.25. The number of halogens is 8. The topological polar surface area (TPSA) is 17.1 Å². The van der Waals surface area contributed by atoms with Crippen molar-refractivity contribution in [1.29, 1.82) is 0 Å². The van der Waals surface area contributed by atoms with Crippen LogP contribution >= 0.6 is 11.8 Å². The van der Waals surface area contributed by atoms with Crippen LogP contribution in [0.3, 0.4) is 0 Å². The first-order valence-corrected chi connectivity index (χ1v) is 7.54. The van der Waals surface area contributed by atoms with Gasteiger partial charge < -0.3 is 0 Å². The van der Waals surface area contributed by atoms with Crippen LogP contribution in [0.1, 0.15) is 23.2 Å². The molecule has 0 bridgehead atoms. The quantitative estimate of drug-likeness (QED) is 0.580. The summed E-state index contributed by atoms with van der Waals surface area (Å²) in [5.74, 6) is -10.6. The van der Waals surface area contributed by atoms with Crippen LogP contribution < -0.4 is 0 Å². The molecule has 0 saturated heterocycles. The lowest BCUT2D eigenvalue weighted by Crippen LogP contribution is -2.43. The third kappa shape index (κ3) is 5.64. The Labute approximate surface area is 136 Å². The molecular formula is C14H12F8OS. The largest absolute Gasteiger partial charge is 0.453 e. The highest BCUT2D eigenvalue weighted by Crippen LogP contribution is 2.42. The number of alkyl halides is 8. The summed E-state index contributed by atoms with van der Waals surface area (Å²) in [6, 6.07) is 7.49. The second-order valence-electron chi connectivity index (χ2n) is 4.89. The smallest absolute Gasteiger partial charge is 0.282 e. The maximum atomic E-state index is 13.4. The molecule has 136 valence electrons. The molecule has 0 N–H and O–H groups in total. The Kier molecular flexibility index (Phi) is 6.66. The third-order valence-corrected chi connectivity index (χ3v) is 3.89. The van der Waals surface area contributed by atoms with Crippen LogP contribution in [-0.2, 0) is 0 Å². The molecule has 0 heterocycles. The van der Waals surface area contributed by atoms with E-state index in [1.807, 2.05) is 0 Å². The van der Waals surface area contributed by atoms with Crippen LogP contribution in [-0.4, -0.2) is 35.1 Å². The minimum atomic E-state index is -6.11. The van der Waals surface area contributed by atoms with Gasteiger partial charge in [0, 0.05) is 17.7 Å². The predicted molar refractivity (Wildman–Crippen MR) is 73.3 cm³/mol. The average molecular weight is 380 g/mol. The predicted octanol–water partition coefficient (Wildman–Crippen LogP) is 5.51. The summed E-state index contributed by atoms with van der Waals surface area (Å²) in [6.45, 7) is 0. The minimum absolute atomic E-state index is 0.200. The van der Waals surface area contributed by atoms with Gasteiger partial charge in [-0.05, 0) is 0 Å². The summed E-state index contributed by atoms with van der Waals surface area (Å²) in [7, 11) is 0. The number of rotatable bonds is 7. The van der Waals surface area contributed by atoms with Gasteiger partial charge >= 0.3 is 12.1 Å².